The van der Waals surface area contributed by atoms with Crippen LogP contribution in [0.3, 0.4) is 0 Å². The number of nitrogens with zero attached hydrogens (tertiary/aromatic N) is 3. The molecule has 1 aromatic rings. The predicted octanol–water partition coefficient (Wildman–Crippen LogP) is 3.76. The number of piperidine rings is 1. The van der Waals surface area contributed by atoms with Gasteiger partial charge in [-0.1, -0.05) is 0 Å². The third-order valence-corrected chi connectivity index (χ3v) is 6.15. The van der Waals surface area contributed by atoms with Crippen molar-refractivity contribution >= 4 is 17.3 Å². The first-order valence-corrected chi connectivity index (χ1v) is 11.3. The van der Waals surface area contributed by atoms with E-state index >= 15 is 0 Å². The molecule has 0 bridgehead atoms. The molecule has 2 saturated heterocycles. The molecular weight excluding hydrogens is 441 g/mol. The maximum absolute atomic E-state index is 12.8. The van der Waals surface area contributed by atoms with Crippen LogP contribution in [0.25, 0.3) is 0 Å². The van der Waals surface area contributed by atoms with Gasteiger partial charge in [0.15, 0.2) is 0 Å². The summed E-state index contributed by atoms with van der Waals surface area (Å²) in [4.78, 5) is 27.1. The lowest BCUT2D eigenvalue weighted by atomic mass is 9.95. The molecule has 184 valence electrons. The first-order valence-electron chi connectivity index (χ1n) is 11.3. The van der Waals surface area contributed by atoms with E-state index in [1.165, 1.54) is 0 Å². The van der Waals surface area contributed by atoms with Crippen LogP contribution in [0.4, 0.5) is 24.5 Å². The fourth-order valence-electron chi connectivity index (χ4n) is 4.63. The summed E-state index contributed by atoms with van der Waals surface area (Å²) in [5, 5.41) is 13.9. The van der Waals surface area contributed by atoms with Gasteiger partial charge in [0.05, 0.1) is 22.7 Å². The minimum atomic E-state index is -4.66. The number of nitro groups is 1. The normalized spacial score (nSPS) is 22.9. The molecule has 2 aliphatic heterocycles. The SMILES string of the molecule is CC1CN(CC2CCN(C(=O)CCNc3ccc(C(F)(F)F)cc3[N+](=O)[O-])CC2)CC(C)O1. The third-order valence-electron chi connectivity index (χ3n) is 6.15. The Hall–Kier alpha value is -2.40. The fourth-order valence-corrected chi connectivity index (χ4v) is 4.63. The number of amides is 1. The Kier molecular flexibility index (Phi) is 8.17. The van der Waals surface area contributed by atoms with E-state index in [0.717, 1.165) is 44.6 Å². The second-order valence-electron chi connectivity index (χ2n) is 8.96. The second kappa shape index (κ2) is 10.7. The minimum Gasteiger partial charge on any atom is -0.379 e. The van der Waals surface area contributed by atoms with Crippen LogP contribution in [-0.4, -0.2) is 72.1 Å². The molecule has 3 rings (SSSR count). The number of carbonyl (C=O) groups excluding carboxylic acids is 1. The molecule has 0 radical (unpaired) electrons. The fraction of sp³-hybridized carbons (Fsp3) is 0.682. The standard InChI is InChI=1S/C22H31F3N4O4/c1-15-12-27(13-16(2)33-15)14-17-6-9-28(10-7-17)21(30)5-8-26-19-4-3-18(22(23,24)25)11-20(19)29(31)32/h3-4,11,15-17,26H,5-10,12-14H2,1-2H3. The molecule has 0 spiro atoms. The molecule has 0 saturated carbocycles. The molecule has 2 aliphatic rings. The van der Waals surface area contributed by atoms with Crippen LogP contribution in [-0.2, 0) is 15.7 Å². The number of alkyl halides is 3. The third kappa shape index (κ3) is 7.04. The number of rotatable bonds is 7. The van der Waals surface area contributed by atoms with E-state index < -0.39 is 22.4 Å². The number of hydrogen-bond donors (Lipinski definition) is 1. The summed E-state index contributed by atoms with van der Waals surface area (Å²) >= 11 is 0. The zero-order chi connectivity index (χ0) is 24.2. The van der Waals surface area contributed by atoms with Gasteiger partial charge < -0.3 is 15.0 Å². The van der Waals surface area contributed by atoms with Crippen molar-refractivity contribution in [1.29, 1.82) is 0 Å². The van der Waals surface area contributed by atoms with E-state index in [4.69, 9.17) is 4.74 Å². The quantitative estimate of drug-likeness (QED) is 0.480. The molecule has 0 aromatic heterocycles. The first kappa shape index (κ1) is 25.2. The molecule has 0 aliphatic carbocycles. The van der Waals surface area contributed by atoms with Gasteiger partial charge in [-0.15, -0.1) is 0 Å². The molecule has 2 unspecified atom stereocenters. The molecule has 1 amide bonds. The molecule has 2 fully saturated rings. The van der Waals surface area contributed by atoms with Gasteiger partial charge in [0.1, 0.15) is 5.69 Å². The number of nitro benzene ring substituents is 1. The van der Waals surface area contributed by atoms with Crippen molar-refractivity contribution in [2.75, 3.05) is 44.6 Å². The van der Waals surface area contributed by atoms with Gasteiger partial charge in [-0.05, 0) is 44.7 Å². The van der Waals surface area contributed by atoms with Gasteiger partial charge in [0.2, 0.25) is 5.91 Å². The van der Waals surface area contributed by atoms with Crippen molar-refractivity contribution in [3.05, 3.63) is 33.9 Å². The predicted molar refractivity (Wildman–Crippen MR) is 117 cm³/mol. The van der Waals surface area contributed by atoms with Crippen LogP contribution in [0, 0.1) is 16.0 Å². The molecule has 1 aromatic carbocycles. The summed E-state index contributed by atoms with van der Waals surface area (Å²) in [6.07, 6.45) is -2.26. The summed E-state index contributed by atoms with van der Waals surface area (Å²) in [6, 6.07) is 2.33. The van der Waals surface area contributed by atoms with Crippen molar-refractivity contribution in [3.63, 3.8) is 0 Å². The van der Waals surface area contributed by atoms with Gasteiger partial charge in [0.25, 0.3) is 5.69 Å². The van der Waals surface area contributed by atoms with Crippen molar-refractivity contribution in [3.8, 4) is 0 Å². The highest BCUT2D eigenvalue weighted by Crippen LogP contribution is 2.35. The molecule has 33 heavy (non-hydrogen) atoms. The monoisotopic (exact) mass is 472 g/mol. The van der Waals surface area contributed by atoms with E-state index in [1.807, 2.05) is 0 Å². The van der Waals surface area contributed by atoms with Crippen LogP contribution in [0.2, 0.25) is 0 Å². The Bertz CT molecular complexity index is 833. The maximum atomic E-state index is 12.8. The van der Waals surface area contributed by atoms with Gasteiger partial charge >= 0.3 is 6.18 Å². The van der Waals surface area contributed by atoms with Crippen molar-refractivity contribution in [2.24, 2.45) is 5.92 Å². The number of halogens is 3. The Morgan fingerprint density at radius 1 is 1.21 bits per heavy atom. The Balaban J connectivity index is 1.44. The molecule has 2 atom stereocenters. The Morgan fingerprint density at radius 3 is 2.42 bits per heavy atom. The van der Waals surface area contributed by atoms with Gasteiger partial charge in [0, 0.05) is 51.8 Å². The Labute approximate surface area is 191 Å². The highest BCUT2D eigenvalue weighted by molar-refractivity contribution is 5.77. The topological polar surface area (TPSA) is 88.0 Å². The van der Waals surface area contributed by atoms with E-state index in [9.17, 15) is 28.1 Å². The van der Waals surface area contributed by atoms with Gasteiger partial charge in [-0.25, -0.2) is 0 Å². The van der Waals surface area contributed by atoms with Gasteiger partial charge in [-0.2, -0.15) is 13.2 Å². The molecule has 1 N–H and O–H groups in total. The van der Waals surface area contributed by atoms with Gasteiger partial charge in [-0.3, -0.25) is 19.8 Å². The summed E-state index contributed by atoms with van der Waals surface area (Å²) in [5.41, 5.74) is -1.78. The minimum absolute atomic E-state index is 0.0338. The number of anilines is 1. The number of carbonyl (C=O) groups is 1. The molecule has 11 heteroatoms. The van der Waals surface area contributed by atoms with Crippen LogP contribution in [0.15, 0.2) is 18.2 Å². The van der Waals surface area contributed by atoms with Crippen LogP contribution < -0.4 is 5.32 Å². The van der Waals surface area contributed by atoms with E-state index in [2.05, 4.69) is 24.1 Å². The number of likely N-dealkylation sites (tertiary alicyclic amines) is 1. The summed E-state index contributed by atoms with van der Waals surface area (Å²) in [5.74, 6) is 0.462. The van der Waals surface area contributed by atoms with Crippen molar-refractivity contribution < 1.29 is 27.6 Å². The van der Waals surface area contributed by atoms with E-state index in [-0.39, 0.29) is 36.8 Å². The first-order chi connectivity index (χ1) is 15.5. The Morgan fingerprint density at radius 2 is 1.85 bits per heavy atom. The average Bonchev–Trinajstić information content (AvgIpc) is 2.72. The van der Waals surface area contributed by atoms with Crippen LogP contribution in [0.1, 0.15) is 38.7 Å². The number of nitrogens with one attached hydrogen (secondary N) is 1. The highest BCUT2D eigenvalue weighted by atomic mass is 19.4. The van der Waals surface area contributed by atoms with Crippen LogP contribution >= 0.6 is 0 Å². The van der Waals surface area contributed by atoms with Crippen molar-refractivity contribution in [2.45, 2.75) is 51.5 Å². The summed E-state index contributed by atoms with van der Waals surface area (Å²) < 4.78 is 44.2. The molecular formula is C22H31F3N4O4. The largest absolute Gasteiger partial charge is 0.416 e. The summed E-state index contributed by atoms with van der Waals surface area (Å²) in [6.45, 7) is 8.44. The second-order valence-corrected chi connectivity index (χ2v) is 8.96. The molecule has 2 heterocycles. The number of morpholine rings is 1. The summed E-state index contributed by atoms with van der Waals surface area (Å²) in [7, 11) is 0. The molecule has 8 nitrogen and oxygen atoms in total. The number of hydrogen-bond acceptors (Lipinski definition) is 6. The zero-order valence-corrected chi connectivity index (χ0v) is 18.9. The smallest absolute Gasteiger partial charge is 0.379 e. The number of ether oxygens (including phenoxy) is 1. The lowest BCUT2D eigenvalue weighted by Crippen LogP contribution is -2.48. The number of benzene rings is 1. The lowest BCUT2D eigenvalue weighted by molar-refractivity contribution is -0.384. The van der Waals surface area contributed by atoms with Crippen LogP contribution in [0.5, 0.6) is 0 Å². The highest BCUT2D eigenvalue weighted by Gasteiger charge is 2.33. The lowest BCUT2D eigenvalue weighted by Gasteiger charge is -2.39. The van der Waals surface area contributed by atoms with E-state index in [1.54, 1.807) is 4.90 Å². The van der Waals surface area contributed by atoms with E-state index in [0.29, 0.717) is 25.1 Å². The average molecular weight is 473 g/mol. The zero-order valence-electron chi connectivity index (χ0n) is 18.9. The maximum Gasteiger partial charge on any atom is 0.416 e. The van der Waals surface area contributed by atoms with Crippen molar-refractivity contribution in [1.82, 2.24) is 9.80 Å².